The Balaban J connectivity index is 1.35. The van der Waals surface area contributed by atoms with Crippen molar-refractivity contribution in [3.63, 3.8) is 0 Å². The lowest BCUT2D eigenvalue weighted by Gasteiger charge is -2.25. The Bertz CT molecular complexity index is 1280. The fraction of sp³-hybridized carbons (Fsp3) is 0.542. The maximum absolute atomic E-state index is 13.9. The summed E-state index contributed by atoms with van der Waals surface area (Å²) in [5, 5.41) is 11.0. The van der Waals surface area contributed by atoms with Gasteiger partial charge < -0.3 is 19.1 Å². The molecule has 2 aromatic rings. The Morgan fingerprint density at radius 3 is 2.53 bits per heavy atom. The second kappa shape index (κ2) is 9.30. The molecule has 12 heteroatoms. The van der Waals surface area contributed by atoms with Crippen LogP contribution in [0.5, 0.6) is 5.75 Å². The van der Waals surface area contributed by atoms with Crippen LogP contribution >= 0.6 is 7.60 Å². The van der Waals surface area contributed by atoms with Crippen molar-refractivity contribution in [2.24, 2.45) is 10.8 Å². The lowest BCUT2D eigenvalue weighted by Crippen LogP contribution is -2.35. The van der Waals surface area contributed by atoms with Crippen LogP contribution in [-0.2, 0) is 23.4 Å². The van der Waals surface area contributed by atoms with Gasteiger partial charge in [0.2, 0.25) is 0 Å². The topological polar surface area (TPSA) is 146 Å². The molecule has 3 aliphatic rings. The number of nitrogens with one attached hydrogen (secondary N) is 1. The van der Waals surface area contributed by atoms with Gasteiger partial charge in [-0.2, -0.15) is 0 Å². The van der Waals surface area contributed by atoms with E-state index >= 15 is 0 Å². The summed E-state index contributed by atoms with van der Waals surface area (Å²) in [4.78, 5) is 38.6. The molecule has 11 nitrogen and oxygen atoms in total. The number of rotatable bonds is 10. The van der Waals surface area contributed by atoms with Crippen LogP contribution < -0.4 is 15.8 Å². The van der Waals surface area contributed by atoms with Crippen molar-refractivity contribution in [2.45, 2.75) is 51.0 Å². The van der Waals surface area contributed by atoms with Crippen LogP contribution in [0.15, 0.2) is 52.2 Å². The highest BCUT2D eigenvalue weighted by Gasteiger charge is 2.65. The number of aliphatic hydroxyl groups excluding tert-OH is 1. The minimum Gasteiger partial charge on any atom is -0.466 e. The molecule has 194 valence electrons. The van der Waals surface area contributed by atoms with Crippen LogP contribution in [0.4, 0.5) is 0 Å². The van der Waals surface area contributed by atoms with Crippen LogP contribution in [-0.4, -0.2) is 52.2 Å². The molecule has 1 unspecified atom stereocenters. The van der Waals surface area contributed by atoms with Crippen molar-refractivity contribution in [1.82, 2.24) is 9.55 Å². The fourth-order valence-electron chi connectivity index (χ4n) is 4.83. The van der Waals surface area contributed by atoms with Gasteiger partial charge >= 0.3 is 19.3 Å². The first-order valence-corrected chi connectivity index (χ1v) is 13.7. The number of aliphatic hydroxyl groups is 1. The highest BCUT2D eigenvalue weighted by Crippen LogP contribution is 2.64. The SMILES string of the molecule is CCOC(=O)C1(CP(=O)(OC[C@H]2O[C@@H](n3ccc(=O)[nH]c3=O)C3(CC3)[C@@H]2O)Oc2ccccc2)CC1. The molecule has 3 fully saturated rings. The second-order valence-electron chi connectivity index (χ2n) is 9.69. The zero-order chi connectivity index (χ0) is 25.6. The largest absolute Gasteiger partial charge is 0.466 e. The summed E-state index contributed by atoms with van der Waals surface area (Å²) in [6, 6.07) is 9.73. The molecule has 2 heterocycles. The number of carbonyl (C=O) groups is 1. The molecule has 36 heavy (non-hydrogen) atoms. The Labute approximate surface area is 206 Å². The number of hydrogen-bond acceptors (Lipinski definition) is 9. The summed E-state index contributed by atoms with van der Waals surface area (Å²) < 4.78 is 38.1. The van der Waals surface area contributed by atoms with Crippen molar-refractivity contribution in [3.05, 3.63) is 63.4 Å². The van der Waals surface area contributed by atoms with E-state index < -0.39 is 54.1 Å². The molecule has 0 amide bonds. The highest BCUT2D eigenvalue weighted by molar-refractivity contribution is 7.54. The van der Waals surface area contributed by atoms with Gasteiger partial charge in [-0.3, -0.25) is 23.7 Å². The molecule has 1 aliphatic heterocycles. The first-order chi connectivity index (χ1) is 17.2. The number of hydrogen-bond donors (Lipinski definition) is 2. The number of H-pyrrole nitrogens is 1. The van der Waals surface area contributed by atoms with E-state index in [2.05, 4.69) is 4.98 Å². The summed E-state index contributed by atoms with van der Waals surface area (Å²) >= 11 is 0. The van der Waals surface area contributed by atoms with Gasteiger partial charge in [0, 0.05) is 17.7 Å². The smallest absolute Gasteiger partial charge is 0.380 e. The van der Waals surface area contributed by atoms with Crippen LogP contribution in [0.25, 0.3) is 0 Å². The molecule has 5 rings (SSSR count). The molecule has 0 bridgehead atoms. The number of para-hydroxylation sites is 1. The molecular weight excluding hydrogens is 491 g/mol. The van der Waals surface area contributed by atoms with E-state index in [0.717, 1.165) is 0 Å². The van der Waals surface area contributed by atoms with Crippen molar-refractivity contribution in [1.29, 1.82) is 0 Å². The van der Waals surface area contributed by atoms with Gasteiger partial charge in [0.15, 0.2) is 0 Å². The summed E-state index contributed by atoms with van der Waals surface area (Å²) in [6.07, 6.45) is 0.727. The van der Waals surface area contributed by atoms with E-state index in [1.165, 1.54) is 16.8 Å². The van der Waals surface area contributed by atoms with E-state index in [-0.39, 0.29) is 19.4 Å². The lowest BCUT2D eigenvalue weighted by molar-refractivity contribution is -0.148. The highest BCUT2D eigenvalue weighted by atomic mass is 31.2. The third kappa shape index (κ3) is 4.68. The number of benzene rings is 1. The van der Waals surface area contributed by atoms with Gasteiger partial charge in [0.05, 0.1) is 30.9 Å². The van der Waals surface area contributed by atoms with E-state index in [1.54, 1.807) is 37.3 Å². The number of esters is 1. The first kappa shape index (κ1) is 25.0. The normalized spacial score (nSPS) is 26.8. The summed E-state index contributed by atoms with van der Waals surface area (Å²) in [7, 11) is -3.89. The van der Waals surface area contributed by atoms with Gasteiger partial charge in [-0.25, -0.2) is 9.36 Å². The molecule has 2 N–H and O–H groups in total. The van der Waals surface area contributed by atoms with Crippen LogP contribution in [0.3, 0.4) is 0 Å². The van der Waals surface area contributed by atoms with Crippen molar-refractivity contribution in [2.75, 3.05) is 19.4 Å². The van der Waals surface area contributed by atoms with Crippen molar-refractivity contribution in [3.8, 4) is 5.75 Å². The standard InChI is InChI=1S/C24H29N2O9P/c1-2-32-21(29)23(9-10-23)15-36(31,35-16-6-4-3-5-7-16)33-14-17-19(28)24(11-12-24)20(34-17)26-13-8-18(27)25-22(26)30/h3-8,13,17,19-20,28H,2,9-12,14-15H2,1H3,(H,25,27,30)/t17-,19-,20-,36?/m1/s1. The quantitative estimate of drug-likeness (QED) is 0.356. The Kier molecular flexibility index (Phi) is 6.45. The molecule has 2 aliphatic carbocycles. The Morgan fingerprint density at radius 1 is 1.19 bits per heavy atom. The second-order valence-corrected chi connectivity index (χ2v) is 11.7. The minimum atomic E-state index is -3.89. The summed E-state index contributed by atoms with van der Waals surface area (Å²) in [5.41, 5.74) is -2.81. The minimum absolute atomic E-state index is 0.162. The van der Waals surface area contributed by atoms with E-state index in [4.69, 9.17) is 18.5 Å². The average molecular weight is 520 g/mol. The maximum Gasteiger partial charge on any atom is 0.380 e. The molecule has 0 radical (unpaired) electrons. The molecule has 2 saturated carbocycles. The average Bonchev–Trinajstić information content (AvgIpc) is 3.76. The number of carbonyl (C=O) groups excluding carboxylic acids is 1. The number of aromatic amines is 1. The predicted molar refractivity (Wildman–Crippen MR) is 127 cm³/mol. The number of nitrogens with zero attached hydrogens (tertiary/aromatic N) is 1. The van der Waals surface area contributed by atoms with Crippen LogP contribution in [0.2, 0.25) is 0 Å². The molecule has 1 aromatic carbocycles. The number of ether oxygens (including phenoxy) is 2. The van der Waals surface area contributed by atoms with E-state index in [0.29, 0.717) is 31.4 Å². The van der Waals surface area contributed by atoms with Crippen molar-refractivity contribution >= 4 is 13.6 Å². The van der Waals surface area contributed by atoms with E-state index in [9.17, 15) is 24.1 Å². The van der Waals surface area contributed by atoms with Gasteiger partial charge in [0.1, 0.15) is 18.1 Å². The summed E-state index contributed by atoms with van der Waals surface area (Å²) in [6.45, 7) is 1.64. The van der Waals surface area contributed by atoms with Gasteiger partial charge in [0.25, 0.3) is 5.56 Å². The summed E-state index contributed by atoms with van der Waals surface area (Å²) in [5.74, 6) is -0.109. The van der Waals surface area contributed by atoms with Crippen molar-refractivity contribution < 1.29 is 33.0 Å². The van der Waals surface area contributed by atoms with E-state index in [1.807, 2.05) is 0 Å². The fourth-order valence-corrected chi connectivity index (χ4v) is 7.04. The van der Waals surface area contributed by atoms with Gasteiger partial charge in [-0.1, -0.05) is 18.2 Å². The Morgan fingerprint density at radius 2 is 1.92 bits per heavy atom. The molecule has 1 saturated heterocycles. The van der Waals surface area contributed by atoms with Crippen LogP contribution in [0, 0.1) is 10.8 Å². The zero-order valence-electron chi connectivity index (χ0n) is 19.8. The third-order valence-electron chi connectivity index (χ3n) is 7.15. The lowest BCUT2D eigenvalue weighted by atomic mass is 9.96. The Hall–Kier alpha value is -2.72. The van der Waals surface area contributed by atoms with Gasteiger partial charge in [-0.15, -0.1) is 0 Å². The van der Waals surface area contributed by atoms with Crippen LogP contribution in [0.1, 0.15) is 38.8 Å². The molecule has 1 spiro atoms. The molecule has 4 atom stereocenters. The number of aromatic nitrogens is 2. The first-order valence-electron chi connectivity index (χ1n) is 12.0. The predicted octanol–water partition coefficient (Wildman–Crippen LogP) is 2.21. The zero-order valence-corrected chi connectivity index (χ0v) is 20.7. The maximum atomic E-state index is 13.9. The molecular formula is C24H29N2O9P. The monoisotopic (exact) mass is 520 g/mol. The molecule has 1 aromatic heterocycles. The van der Waals surface area contributed by atoms with Gasteiger partial charge in [-0.05, 0) is 44.7 Å². The third-order valence-corrected chi connectivity index (χ3v) is 9.17.